The minimum Gasteiger partial charge on any atom is -0.479 e. The first-order chi connectivity index (χ1) is 11.5. The number of hydrogen-bond donors (Lipinski definition) is 2. The van der Waals surface area contributed by atoms with Crippen molar-refractivity contribution in [1.82, 2.24) is 20.1 Å². The quantitative estimate of drug-likeness (QED) is 0.831. The van der Waals surface area contributed by atoms with Crippen LogP contribution in [-0.4, -0.2) is 31.7 Å². The number of carbonyl (C=O) groups is 2. The second-order valence-corrected chi connectivity index (χ2v) is 7.20. The van der Waals surface area contributed by atoms with Crippen molar-refractivity contribution >= 4 is 23.2 Å². The molecular weight excluding hydrogens is 328 g/mol. The predicted molar refractivity (Wildman–Crippen MR) is 88.9 cm³/mol. The van der Waals surface area contributed by atoms with Gasteiger partial charge in [0.05, 0.1) is 22.8 Å². The van der Waals surface area contributed by atoms with Crippen molar-refractivity contribution in [3.05, 3.63) is 33.5 Å². The monoisotopic (exact) mass is 348 g/mol. The molecule has 1 aliphatic carbocycles. The number of rotatable bonds is 6. The molecule has 128 valence electrons. The second kappa shape index (κ2) is 6.72. The van der Waals surface area contributed by atoms with Crippen LogP contribution >= 0.6 is 11.3 Å². The van der Waals surface area contributed by atoms with Crippen molar-refractivity contribution < 1.29 is 14.7 Å². The molecule has 0 saturated heterocycles. The van der Waals surface area contributed by atoms with Crippen molar-refractivity contribution in [3.63, 3.8) is 0 Å². The normalized spacial score (nSPS) is 15.8. The lowest BCUT2D eigenvalue weighted by Gasteiger charge is -2.22. The molecule has 1 fully saturated rings. The SMILES string of the molecule is Cc1nc(C2CCC2)sc1CC(=O)NC(C(=O)O)c1ccnn1C. The van der Waals surface area contributed by atoms with Crippen molar-refractivity contribution in [2.45, 2.75) is 44.6 Å². The molecule has 0 aliphatic heterocycles. The fourth-order valence-corrected chi connectivity index (χ4v) is 3.97. The zero-order valence-electron chi connectivity index (χ0n) is 13.7. The molecule has 0 aromatic carbocycles. The Labute approximate surface area is 143 Å². The molecular formula is C16H20N4O3S. The van der Waals surface area contributed by atoms with Crippen LogP contribution in [-0.2, 0) is 23.1 Å². The Bertz CT molecular complexity index is 763. The standard InChI is InChI=1S/C16H20N4O3S/c1-9-12(24-15(18-9)10-4-3-5-10)8-13(21)19-14(16(22)23)11-6-7-17-20(11)2/h6-7,10,14H,3-5,8H2,1-2H3,(H,19,21)(H,22,23). The molecule has 0 spiro atoms. The van der Waals surface area contributed by atoms with Gasteiger partial charge in [0.1, 0.15) is 0 Å². The molecule has 2 aromatic heterocycles. The summed E-state index contributed by atoms with van der Waals surface area (Å²) < 4.78 is 1.45. The predicted octanol–water partition coefficient (Wildman–Crippen LogP) is 1.94. The van der Waals surface area contributed by atoms with Crippen LogP contribution in [0.3, 0.4) is 0 Å². The third-order valence-electron chi connectivity index (χ3n) is 4.39. The van der Waals surface area contributed by atoms with Crippen molar-refractivity contribution in [1.29, 1.82) is 0 Å². The van der Waals surface area contributed by atoms with E-state index in [1.165, 1.54) is 30.1 Å². The molecule has 24 heavy (non-hydrogen) atoms. The zero-order chi connectivity index (χ0) is 17.3. The average Bonchev–Trinajstić information content (AvgIpc) is 3.01. The van der Waals surface area contributed by atoms with E-state index in [9.17, 15) is 14.7 Å². The van der Waals surface area contributed by atoms with Gasteiger partial charge in [0.25, 0.3) is 0 Å². The van der Waals surface area contributed by atoms with Crippen molar-refractivity contribution in [3.8, 4) is 0 Å². The van der Waals surface area contributed by atoms with Gasteiger partial charge in [0.15, 0.2) is 6.04 Å². The minimum atomic E-state index is -1.11. The molecule has 1 unspecified atom stereocenters. The third-order valence-corrected chi connectivity index (χ3v) is 5.71. The van der Waals surface area contributed by atoms with E-state index in [-0.39, 0.29) is 12.3 Å². The number of nitrogens with one attached hydrogen (secondary N) is 1. The molecule has 0 bridgehead atoms. The number of aromatic nitrogens is 3. The fraction of sp³-hybridized carbons (Fsp3) is 0.500. The summed E-state index contributed by atoms with van der Waals surface area (Å²) in [5.74, 6) is -0.898. The number of hydrogen-bond acceptors (Lipinski definition) is 5. The van der Waals surface area contributed by atoms with Crippen molar-refractivity contribution in [2.24, 2.45) is 7.05 Å². The summed E-state index contributed by atoms with van der Waals surface area (Å²) in [6.45, 7) is 1.90. The molecule has 7 nitrogen and oxygen atoms in total. The summed E-state index contributed by atoms with van der Waals surface area (Å²) in [6, 6.07) is 0.482. The van der Waals surface area contributed by atoms with Gasteiger partial charge in [-0.3, -0.25) is 9.48 Å². The number of carbonyl (C=O) groups excluding carboxylic acids is 1. The van der Waals surface area contributed by atoms with Crippen LogP contribution in [0, 0.1) is 6.92 Å². The van der Waals surface area contributed by atoms with Crippen LogP contribution < -0.4 is 5.32 Å². The summed E-state index contributed by atoms with van der Waals surface area (Å²) in [5, 5.41) is 17.0. The maximum atomic E-state index is 12.3. The largest absolute Gasteiger partial charge is 0.479 e. The van der Waals surface area contributed by atoms with Crippen LogP contribution in [0.4, 0.5) is 0 Å². The lowest BCUT2D eigenvalue weighted by Crippen LogP contribution is -2.35. The van der Waals surface area contributed by atoms with Gasteiger partial charge in [-0.2, -0.15) is 5.10 Å². The van der Waals surface area contributed by atoms with Crippen LogP contribution in [0.5, 0.6) is 0 Å². The Hall–Kier alpha value is -2.22. The minimum absolute atomic E-state index is 0.151. The van der Waals surface area contributed by atoms with E-state index in [1.807, 2.05) is 6.92 Å². The number of aliphatic carboxylic acids is 1. The molecule has 1 amide bonds. The number of carboxylic acid groups (broad SMARTS) is 1. The van der Waals surface area contributed by atoms with Gasteiger partial charge in [-0.25, -0.2) is 9.78 Å². The zero-order valence-corrected chi connectivity index (χ0v) is 14.5. The highest BCUT2D eigenvalue weighted by molar-refractivity contribution is 7.12. The Balaban J connectivity index is 1.69. The molecule has 0 radical (unpaired) electrons. The Morgan fingerprint density at radius 2 is 2.25 bits per heavy atom. The second-order valence-electron chi connectivity index (χ2n) is 6.08. The fourth-order valence-electron chi connectivity index (χ4n) is 2.73. The smallest absolute Gasteiger partial charge is 0.332 e. The number of thiazole rings is 1. The number of nitrogens with zero attached hydrogens (tertiary/aromatic N) is 3. The topological polar surface area (TPSA) is 97.1 Å². The molecule has 1 saturated carbocycles. The molecule has 8 heteroatoms. The molecule has 2 heterocycles. The third kappa shape index (κ3) is 3.33. The maximum absolute atomic E-state index is 12.3. The maximum Gasteiger partial charge on any atom is 0.332 e. The van der Waals surface area contributed by atoms with E-state index in [4.69, 9.17) is 0 Å². The Morgan fingerprint density at radius 1 is 1.50 bits per heavy atom. The Morgan fingerprint density at radius 3 is 2.79 bits per heavy atom. The summed E-state index contributed by atoms with van der Waals surface area (Å²) in [4.78, 5) is 29.3. The number of amides is 1. The summed E-state index contributed by atoms with van der Waals surface area (Å²) in [7, 11) is 1.65. The number of carboxylic acids is 1. The van der Waals surface area contributed by atoms with Gasteiger partial charge >= 0.3 is 5.97 Å². The van der Waals surface area contributed by atoms with E-state index in [1.54, 1.807) is 24.5 Å². The summed E-state index contributed by atoms with van der Waals surface area (Å²) >= 11 is 1.57. The van der Waals surface area contributed by atoms with Crippen LogP contribution in [0.2, 0.25) is 0 Å². The van der Waals surface area contributed by atoms with Gasteiger partial charge < -0.3 is 10.4 Å². The van der Waals surface area contributed by atoms with Gasteiger partial charge in [0, 0.05) is 24.0 Å². The van der Waals surface area contributed by atoms with E-state index in [0.717, 1.165) is 15.6 Å². The van der Waals surface area contributed by atoms with E-state index < -0.39 is 12.0 Å². The highest BCUT2D eigenvalue weighted by Crippen LogP contribution is 2.39. The van der Waals surface area contributed by atoms with Crippen LogP contribution in [0.1, 0.15) is 52.5 Å². The molecule has 1 aliphatic rings. The average molecular weight is 348 g/mol. The summed E-state index contributed by atoms with van der Waals surface area (Å²) in [6.07, 6.45) is 5.23. The Kier molecular flexibility index (Phi) is 4.66. The van der Waals surface area contributed by atoms with Gasteiger partial charge in [0.2, 0.25) is 5.91 Å². The lowest BCUT2D eigenvalue weighted by atomic mass is 9.86. The molecule has 1 atom stereocenters. The first-order valence-electron chi connectivity index (χ1n) is 7.92. The molecule has 2 aromatic rings. The van der Waals surface area contributed by atoms with Crippen LogP contribution in [0.25, 0.3) is 0 Å². The first-order valence-corrected chi connectivity index (χ1v) is 8.73. The molecule has 3 rings (SSSR count). The highest BCUT2D eigenvalue weighted by atomic mass is 32.1. The first kappa shape index (κ1) is 16.6. The molecule has 2 N–H and O–H groups in total. The van der Waals surface area contributed by atoms with Gasteiger partial charge in [-0.15, -0.1) is 11.3 Å². The van der Waals surface area contributed by atoms with Crippen LogP contribution in [0.15, 0.2) is 12.3 Å². The highest BCUT2D eigenvalue weighted by Gasteiger charge is 2.27. The summed E-state index contributed by atoms with van der Waals surface area (Å²) in [5.41, 5.74) is 1.30. The lowest BCUT2D eigenvalue weighted by molar-refractivity contribution is -0.142. The van der Waals surface area contributed by atoms with E-state index >= 15 is 0 Å². The van der Waals surface area contributed by atoms with Gasteiger partial charge in [-0.1, -0.05) is 6.42 Å². The van der Waals surface area contributed by atoms with Gasteiger partial charge in [-0.05, 0) is 25.8 Å². The van der Waals surface area contributed by atoms with Crippen molar-refractivity contribution in [2.75, 3.05) is 0 Å². The van der Waals surface area contributed by atoms with E-state index in [0.29, 0.717) is 11.6 Å². The van der Waals surface area contributed by atoms with E-state index in [2.05, 4.69) is 15.4 Å². The number of aryl methyl sites for hydroxylation is 2.